The Bertz CT molecular complexity index is 793. The van der Waals surface area contributed by atoms with Gasteiger partial charge in [0.2, 0.25) is 0 Å². The fourth-order valence-electron chi connectivity index (χ4n) is 2.65. The van der Waals surface area contributed by atoms with E-state index in [1.807, 2.05) is 38.1 Å². The second-order valence-electron chi connectivity index (χ2n) is 5.91. The molecule has 0 fully saturated rings. The highest BCUT2D eigenvalue weighted by molar-refractivity contribution is 7.80. The van der Waals surface area contributed by atoms with Gasteiger partial charge in [0, 0.05) is 12.3 Å². The van der Waals surface area contributed by atoms with Crippen LogP contribution in [-0.2, 0) is 11.2 Å². The molecule has 0 heterocycles. The molecule has 2 aromatic carbocycles. The van der Waals surface area contributed by atoms with E-state index in [0.29, 0.717) is 31.1 Å². The SMILES string of the molecule is CCOCCOc1ccccc1C(=O)NC(=S)Nc1c(C)cccc1CC. The van der Waals surface area contributed by atoms with E-state index in [2.05, 4.69) is 17.6 Å². The van der Waals surface area contributed by atoms with Gasteiger partial charge in [-0.15, -0.1) is 0 Å². The van der Waals surface area contributed by atoms with Gasteiger partial charge in [-0.25, -0.2) is 0 Å². The highest BCUT2D eigenvalue weighted by Gasteiger charge is 2.14. The monoisotopic (exact) mass is 386 g/mol. The fraction of sp³-hybridized carbons (Fsp3) is 0.333. The molecular weight excluding hydrogens is 360 g/mol. The number of amides is 1. The molecule has 2 rings (SSSR count). The molecule has 0 aliphatic heterocycles. The molecule has 2 N–H and O–H groups in total. The Labute approximate surface area is 166 Å². The molecule has 0 atom stereocenters. The number of benzene rings is 2. The molecule has 144 valence electrons. The summed E-state index contributed by atoms with van der Waals surface area (Å²) in [7, 11) is 0. The van der Waals surface area contributed by atoms with E-state index in [9.17, 15) is 4.79 Å². The van der Waals surface area contributed by atoms with Crippen LogP contribution in [0.25, 0.3) is 0 Å². The quantitative estimate of drug-likeness (QED) is 0.528. The Morgan fingerprint density at radius 1 is 1.07 bits per heavy atom. The van der Waals surface area contributed by atoms with E-state index in [-0.39, 0.29) is 11.0 Å². The van der Waals surface area contributed by atoms with Crippen molar-refractivity contribution in [1.29, 1.82) is 0 Å². The van der Waals surface area contributed by atoms with Gasteiger partial charge < -0.3 is 14.8 Å². The Morgan fingerprint density at radius 2 is 1.85 bits per heavy atom. The molecule has 0 saturated carbocycles. The number of nitrogens with one attached hydrogen (secondary N) is 2. The summed E-state index contributed by atoms with van der Waals surface area (Å²) in [6, 6.07) is 13.1. The number of ether oxygens (including phenoxy) is 2. The number of hydrogen-bond donors (Lipinski definition) is 2. The van der Waals surface area contributed by atoms with Gasteiger partial charge >= 0.3 is 0 Å². The molecule has 6 heteroatoms. The molecule has 0 aliphatic carbocycles. The van der Waals surface area contributed by atoms with Gasteiger partial charge in [0.05, 0.1) is 12.2 Å². The zero-order valence-electron chi connectivity index (χ0n) is 16.0. The molecule has 0 radical (unpaired) electrons. The van der Waals surface area contributed by atoms with Crippen LogP contribution in [0.1, 0.15) is 35.3 Å². The number of aryl methyl sites for hydroxylation is 2. The number of carbonyl (C=O) groups is 1. The van der Waals surface area contributed by atoms with Crippen LogP contribution in [0.5, 0.6) is 5.75 Å². The zero-order chi connectivity index (χ0) is 19.6. The Balaban J connectivity index is 2.04. The van der Waals surface area contributed by atoms with Crippen molar-refractivity contribution in [3.8, 4) is 5.75 Å². The third-order valence-electron chi connectivity index (χ3n) is 4.03. The number of carbonyl (C=O) groups excluding carboxylic acids is 1. The Morgan fingerprint density at radius 3 is 2.59 bits per heavy atom. The van der Waals surface area contributed by atoms with E-state index < -0.39 is 0 Å². The zero-order valence-corrected chi connectivity index (χ0v) is 16.8. The maximum atomic E-state index is 12.6. The first-order valence-corrected chi connectivity index (χ1v) is 9.48. The highest BCUT2D eigenvalue weighted by Crippen LogP contribution is 2.21. The first-order valence-electron chi connectivity index (χ1n) is 9.07. The molecule has 0 saturated heterocycles. The minimum atomic E-state index is -0.314. The van der Waals surface area contributed by atoms with Crippen LogP contribution >= 0.6 is 12.2 Å². The standard InChI is InChI=1S/C21H26N2O3S/c1-4-16-10-8-9-15(3)19(16)22-21(27)23-20(24)17-11-6-7-12-18(17)26-14-13-25-5-2/h6-12H,4-5,13-14H2,1-3H3,(H2,22,23,24,27). The topological polar surface area (TPSA) is 59.6 Å². The second-order valence-corrected chi connectivity index (χ2v) is 6.32. The third-order valence-corrected chi connectivity index (χ3v) is 4.23. The number of thiocarbonyl (C=S) groups is 1. The first kappa shape index (κ1) is 20.9. The molecule has 5 nitrogen and oxygen atoms in total. The van der Waals surface area contributed by atoms with Crippen molar-refractivity contribution >= 4 is 28.9 Å². The van der Waals surface area contributed by atoms with Gasteiger partial charge in [-0.3, -0.25) is 10.1 Å². The van der Waals surface area contributed by atoms with Gasteiger partial charge in [0.15, 0.2) is 5.11 Å². The van der Waals surface area contributed by atoms with Crippen LogP contribution in [0.4, 0.5) is 5.69 Å². The average molecular weight is 387 g/mol. The van der Waals surface area contributed by atoms with E-state index in [1.165, 1.54) is 0 Å². The summed E-state index contributed by atoms with van der Waals surface area (Å²) >= 11 is 5.34. The summed E-state index contributed by atoms with van der Waals surface area (Å²) < 4.78 is 10.9. The van der Waals surface area contributed by atoms with Crippen LogP contribution in [0.2, 0.25) is 0 Å². The number of para-hydroxylation sites is 2. The number of hydrogen-bond acceptors (Lipinski definition) is 4. The molecule has 0 spiro atoms. The molecule has 0 bridgehead atoms. The van der Waals surface area contributed by atoms with Crippen LogP contribution in [0.15, 0.2) is 42.5 Å². The maximum Gasteiger partial charge on any atom is 0.261 e. The second kappa shape index (κ2) is 10.6. The van der Waals surface area contributed by atoms with Crippen LogP contribution in [0.3, 0.4) is 0 Å². The predicted octanol–water partition coefficient (Wildman–Crippen LogP) is 4.10. The first-order chi connectivity index (χ1) is 13.1. The van der Waals surface area contributed by atoms with Crippen LogP contribution < -0.4 is 15.4 Å². The highest BCUT2D eigenvalue weighted by atomic mass is 32.1. The molecule has 1 amide bonds. The van der Waals surface area contributed by atoms with Crippen molar-refractivity contribution in [3.05, 3.63) is 59.2 Å². The lowest BCUT2D eigenvalue weighted by Gasteiger charge is -2.16. The average Bonchev–Trinajstić information content (AvgIpc) is 2.67. The lowest BCUT2D eigenvalue weighted by molar-refractivity contribution is 0.0958. The smallest absolute Gasteiger partial charge is 0.261 e. The van der Waals surface area contributed by atoms with E-state index in [4.69, 9.17) is 21.7 Å². The van der Waals surface area contributed by atoms with Gasteiger partial charge in [0.1, 0.15) is 12.4 Å². The minimum absolute atomic E-state index is 0.258. The lowest BCUT2D eigenvalue weighted by Crippen LogP contribution is -2.34. The van der Waals surface area contributed by atoms with E-state index in [1.54, 1.807) is 18.2 Å². The summed E-state index contributed by atoms with van der Waals surface area (Å²) in [6.07, 6.45) is 0.872. The maximum absolute atomic E-state index is 12.6. The third kappa shape index (κ3) is 6.05. The lowest BCUT2D eigenvalue weighted by atomic mass is 10.1. The molecule has 0 aliphatic rings. The Kier molecular flexibility index (Phi) is 8.23. The molecule has 2 aromatic rings. The van der Waals surface area contributed by atoms with Crippen molar-refractivity contribution in [1.82, 2.24) is 5.32 Å². The summed E-state index contributed by atoms with van der Waals surface area (Å²) in [5.74, 6) is 0.189. The van der Waals surface area contributed by atoms with Crippen molar-refractivity contribution in [2.45, 2.75) is 27.2 Å². The molecular formula is C21H26N2O3S. The number of anilines is 1. The predicted molar refractivity (Wildman–Crippen MR) is 113 cm³/mol. The summed E-state index contributed by atoms with van der Waals surface area (Å²) in [4.78, 5) is 12.6. The molecule has 0 unspecified atom stereocenters. The normalized spacial score (nSPS) is 10.3. The largest absolute Gasteiger partial charge is 0.490 e. The van der Waals surface area contributed by atoms with Gasteiger partial charge in [0.25, 0.3) is 5.91 Å². The van der Waals surface area contributed by atoms with Gasteiger partial charge in [-0.2, -0.15) is 0 Å². The number of rotatable bonds is 8. The summed E-state index contributed by atoms with van der Waals surface area (Å²) in [5.41, 5.74) is 3.59. The van der Waals surface area contributed by atoms with Crippen molar-refractivity contribution in [2.24, 2.45) is 0 Å². The van der Waals surface area contributed by atoms with Gasteiger partial charge in [-0.1, -0.05) is 37.3 Å². The summed E-state index contributed by atoms with van der Waals surface area (Å²) in [5, 5.41) is 6.14. The van der Waals surface area contributed by atoms with E-state index in [0.717, 1.165) is 23.2 Å². The van der Waals surface area contributed by atoms with Crippen LogP contribution in [-0.4, -0.2) is 30.8 Å². The fourth-order valence-corrected chi connectivity index (χ4v) is 2.85. The van der Waals surface area contributed by atoms with Crippen LogP contribution in [0, 0.1) is 6.92 Å². The minimum Gasteiger partial charge on any atom is -0.490 e. The van der Waals surface area contributed by atoms with Gasteiger partial charge in [-0.05, 0) is 55.7 Å². The molecule has 27 heavy (non-hydrogen) atoms. The van der Waals surface area contributed by atoms with Crippen molar-refractivity contribution in [2.75, 3.05) is 25.1 Å². The van der Waals surface area contributed by atoms with Crippen molar-refractivity contribution < 1.29 is 14.3 Å². The molecule has 0 aromatic heterocycles. The summed E-state index contributed by atoms with van der Waals surface area (Å²) in [6.45, 7) is 7.49. The Hall–Kier alpha value is -2.44. The van der Waals surface area contributed by atoms with E-state index >= 15 is 0 Å². The van der Waals surface area contributed by atoms with Crippen molar-refractivity contribution in [3.63, 3.8) is 0 Å².